The molecule has 0 fully saturated rings. The van der Waals surface area contributed by atoms with Gasteiger partial charge in [0.05, 0.1) is 20.3 Å². The van der Waals surface area contributed by atoms with Gasteiger partial charge in [-0.3, -0.25) is 0 Å². The molecule has 2 aromatic carbocycles. The van der Waals surface area contributed by atoms with Crippen LogP contribution in [0.4, 0.5) is 5.69 Å². The monoisotopic (exact) mass is 282 g/mol. The van der Waals surface area contributed by atoms with Crippen LogP contribution >= 0.6 is 0 Å². The Morgan fingerprint density at radius 1 is 1.10 bits per heavy atom. The van der Waals surface area contributed by atoms with Gasteiger partial charge in [-0.15, -0.1) is 0 Å². The minimum atomic E-state index is -0.517. The lowest BCUT2D eigenvalue weighted by Crippen LogP contribution is -2.11. The quantitative estimate of drug-likeness (QED) is 0.908. The van der Waals surface area contributed by atoms with Crippen molar-refractivity contribution in [3.05, 3.63) is 53.6 Å². The molecule has 1 N–H and O–H groups in total. The first-order valence-electron chi connectivity index (χ1n) is 6.63. The van der Waals surface area contributed by atoms with Crippen molar-refractivity contribution in [2.24, 2.45) is 0 Å². The summed E-state index contributed by atoms with van der Waals surface area (Å²) in [4.78, 5) is 0. The lowest BCUT2D eigenvalue weighted by atomic mass is 10.0. The molecule has 0 aromatic heterocycles. The van der Waals surface area contributed by atoms with Crippen LogP contribution in [0.1, 0.15) is 17.2 Å². The molecule has 21 heavy (non-hydrogen) atoms. The number of hydrogen-bond acceptors (Lipinski definition) is 4. The van der Waals surface area contributed by atoms with Gasteiger partial charge in [-0.1, -0.05) is 18.2 Å². The molecule has 0 aliphatic rings. The van der Waals surface area contributed by atoms with Crippen LogP contribution < -0.4 is 14.8 Å². The fourth-order valence-electron chi connectivity index (χ4n) is 2.13. The Kier molecular flexibility index (Phi) is 4.68. The highest BCUT2D eigenvalue weighted by molar-refractivity contribution is 5.55. The van der Waals surface area contributed by atoms with Crippen LogP contribution in [-0.4, -0.2) is 14.2 Å². The van der Waals surface area contributed by atoms with E-state index in [0.717, 1.165) is 16.8 Å². The van der Waals surface area contributed by atoms with Crippen molar-refractivity contribution in [2.45, 2.75) is 13.0 Å². The normalized spacial score (nSPS) is 11.3. The molecule has 2 rings (SSSR count). The molecule has 4 nitrogen and oxygen atoms in total. The first kappa shape index (κ1) is 14.7. The molecule has 0 spiro atoms. The van der Waals surface area contributed by atoms with Gasteiger partial charge < -0.3 is 14.8 Å². The summed E-state index contributed by atoms with van der Waals surface area (Å²) in [5.41, 5.74) is 2.76. The average Bonchev–Trinajstić information content (AvgIpc) is 2.53. The third kappa shape index (κ3) is 3.26. The van der Waals surface area contributed by atoms with Crippen LogP contribution in [0.5, 0.6) is 11.5 Å². The lowest BCUT2D eigenvalue weighted by Gasteiger charge is -2.18. The Morgan fingerprint density at radius 3 is 2.48 bits per heavy atom. The molecule has 0 heterocycles. The molecule has 4 heteroatoms. The van der Waals surface area contributed by atoms with Gasteiger partial charge >= 0.3 is 0 Å². The van der Waals surface area contributed by atoms with Gasteiger partial charge in [-0.2, -0.15) is 5.26 Å². The Bertz CT molecular complexity index is 662. The second kappa shape index (κ2) is 6.67. The van der Waals surface area contributed by atoms with Gasteiger partial charge in [0.1, 0.15) is 17.5 Å². The van der Waals surface area contributed by atoms with E-state index < -0.39 is 6.04 Å². The summed E-state index contributed by atoms with van der Waals surface area (Å²) < 4.78 is 10.6. The first-order chi connectivity index (χ1) is 10.2. The second-order valence-corrected chi connectivity index (χ2v) is 4.63. The van der Waals surface area contributed by atoms with Gasteiger partial charge in [-0.05, 0) is 36.8 Å². The maximum atomic E-state index is 9.51. The molecule has 108 valence electrons. The summed E-state index contributed by atoms with van der Waals surface area (Å²) in [5, 5.41) is 12.7. The van der Waals surface area contributed by atoms with Crippen LogP contribution in [0.25, 0.3) is 0 Å². The van der Waals surface area contributed by atoms with E-state index in [9.17, 15) is 5.26 Å². The standard InChI is InChI=1S/C17H18N2O2/c1-12-6-4-5-7-15(12)19-16(11-18)14-10-13(20-2)8-9-17(14)21-3/h4-10,16,19H,1-3H3. The van der Waals surface area contributed by atoms with Crippen LogP contribution in [0.3, 0.4) is 0 Å². The van der Waals surface area contributed by atoms with Gasteiger partial charge in [0.15, 0.2) is 0 Å². The Balaban J connectivity index is 2.38. The molecule has 0 amide bonds. The van der Waals surface area contributed by atoms with E-state index in [-0.39, 0.29) is 0 Å². The molecule has 0 aliphatic heterocycles. The van der Waals surface area contributed by atoms with Crippen LogP contribution in [0, 0.1) is 18.3 Å². The van der Waals surface area contributed by atoms with Crippen molar-refractivity contribution in [3.63, 3.8) is 0 Å². The number of ether oxygens (including phenoxy) is 2. The number of methoxy groups -OCH3 is 2. The summed E-state index contributed by atoms with van der Waals surface area (Å²) in [6.07, 6.45) is 0. The Labute approximate surface area is 124 Å². The SMILES string of the molecule is COc1ccc(OC)c(C(C#N)Nc2ccccc2C)c1. The van der Waals surface area contributed by atoms with E-state index in [1.165, 1.54) is 0 Å². The van der Waals surface area contributed by atoms with Gasteiger partial charge in [0.25, 0.3) is 0 Å². The van der Waals surface area contributed by atoms with Gasteiger partial charge in [-0.25, -0.2) is 0 Å². The largest absolute Gasteiger partial charge is 0.497 e. The van der Waals surface area contributed by atoms with E-state index in [2.05, 4.69) is 11.4 Å². The number of nitrogens with zero attached hydrogens (tertiary/aromatic N) is 1. The molecule has 0 radical (unpaired) electrons. The van der Waals surface area contributed by atoms with Gasteiger partial charge in [0.2, 0.25) is 0 Å². The van der Waals surface area contributed by atoms with E-state index >= 15 is 0 Å². The van der Waals surface area contributed by atoms with Crippen molar-refractivity contribution >= 4 is 5.69 Å². The number of rotatable bonds is 5. The molecule has 0 saturated carbocycles. The van der Waals surface area contributed by atoms with Crippen molar-refractivity contribution in [1.29, 1.82) is 5.26 Å². The first-order valence-corrected chi connectivity index (χ1v) is 6.63. The molecule has 0 aliphatic carbocycles. The van der Waals surface area contributed by atoms with Crippen molar-refractivity contribution in [3.8, 4) is 17.6 Å². The topological polar surface area (TPSA) is 54.3 Å². The maximum absolute atomic E-state index is 9.51. The molecule has 0 saturated heterocycles. The van der Waals surface area contributed by atoms with Crippen LogP contribution in [0.2, 0.25) is 0 Å². The predicted molar refractivity (Wildman–Crippen MR) is 82.7 cm³/mol. The summed E-state index contributed by atoms with van der Waals surface area (Å²) in [7, 11) is 3.19. The van der Waals surface area contributed by atoms with E-state index in [4.69, 9.17) is 9.47 Å². The smallest absolute Gasteiger partial charge is 0.143 e. The van der Waals surface area contributed by atoms with Gasteiger partial charge in [0, 0.05) is 11.3 Å². The number of hydrogen-bond donors (Lipinski definition) is 1. The molecule has 1 unspecified atom stereocenters. The van der Waals surface area contributed by atoms with Crippen molar-refractivity contribution in [2.75, 3.05) is 19.5 Å². The zero-order valence-corrected chi connectivity index (χ0v) is 12.4. The highest BCUT2D eigenvalue weighted by Crippen LogP contribution is 2.31. The number of anilines is 1. The minimum Gasteiger partial charge on any atom is -0.497 e. The third-order valence-electron chi connectivity index (χ3n) is 3.32. The van der Waals surface area contributed by atoms with Crippen molar-refractivity contribution in [1.82, 2.24) is 0 Å². The number of para-hydroxylation sites is 1. The summed E-state index contributed by atoms with van der Waals surface area (Å²) >= 11 is 0. The van der Waals surface area contributed by atoms with E-state index in [0.29, 0.717) is 11.5 Å². The number of nitriles is 1. The zero-order chi connectivity index (χ0) is 15.2. The summed E-state index contributed by atoms with van der Waals surface area (Å²) in [6, 6.07) is 15.0. The summed E-state index contributed by atoms with van der Waals surface area (Å²) in [6.45, 7) is 2.00. The zero-order valence-electron chi connectivity index (χ0n) is 12.4. The maximum Gasteiger partial charge on any atom is 0.143 e. The highest BCUT2D eigenvalue weighted by atomic mass is 16.5. The second-order valence-electron chi connectivity index (χ2n) is 4.63. The number of nitrogens with one attached hydrogen (secondary N) is 1. The molecular formula is C17H18N2O2. The Morgan fingerprint density at radius 2 is 1.86 bits per heavy atom. The van der Waals surface area contributed by atoms with E-state index in [1.807, 2.05) is 43.3 Å². The summed E-state index contributed by atoms with van der Waals surface area (Å²) in [5.74, 6) is 1.35. The number of benzene rings is 2. The highest BCUT2D eigenvalue weighted by Gasteiger charge is 2.17. The molecule has 2 aromatic rings. The molecule has 0 bridgehead atoms. The van der Waals surface area contributed by atoms with Crippen LogP contribution in [0.15, 0.2) is 42.5 Å². The third-order valence-corrected chi connectivity index (χ3v) is 3.32. The fourth-order valence-corrected chi connectivity index (χ4v) is 2.13. The number of aryl methyl sites for hydroxylation is 1. The molecule has 1 atom stereocenters. The van der Waals surface area contributed by atoms with Crippen LogP contribution in [-0.2, 0) is 0 Å². The van der Waals surface area contributed by atoms with E-state index in [1.54, 1.807) is 20.3 Å². The average molecular weight is 282 g/mol. The predicted octanol–water partition coefficient (Wildman–Crippen LogP) is 3.69. The Hall–Kier alpha value is -2.67. The fraction of sp³-hybridized carbons (Fsp3) is 0.235. The minimum absolute atomic E-state index is 0.517. The molecular weight excluding hydrogens is 264 g/mol. The van der Waals surface area contributed by atoms with Crippen molar-refractivity contribution < 1.29 is 9.47 Å². The lowest BCUT2D eigenvalue weighted by molar-refractivity contribution is 0.398.